The Morgan fingerprint density at radius 1 is 1.18 bits per heavy atom. The van der Waals surface area contributed by atoms with E-state index < -0.39 is 29.7 Å². The molecule has 4 rings (SSSR count). The number of ether oxygens (including phenoxy) is 1. The average Bonchev–Trinajstić information content (AvgIpc) is 2.82. The molecule has 1 amide bonds. The second-order valence-corrected chi connectivity index (χ2v) is 27.6. The summed E-state index contributed by atoms with van der Waals surface area (Å²) in [5.74, 6) is 0.622. The molecule has 0 saturated carbocycles. The first-order valence-electron chi connectivity index (χ1n) is 13.8. The summed E-state index contributed by atoms with van der Waals surface area (Å²) in [6.45, 7) is 15.1. The number of pyridine rings is 2. The van der Waals surface area contributed by atoms with Crippen LogP contribution in [0.15, 0.2) is 23.1 Å². The van der Waals surface area contributed by atoms with Crippen LogP contribution < -0.4 is 14.3 Å². The molecule has 0 unspecified atom stereocenters. The Kier molecular flexibility index (Phi) is 8.49. The predicted octanol–water partition coefficient (Wildman–Crippen LogP) is 5.25. The van der Waals surface area contributed by atoms with E-state index in [1.807, 2.05) is 46.8 Å². The third-order valence-corrected chi connectivity index (χ3v) is 12.9. The molecule has 3 aromatic rings. The van der Waals surface area contributed by atoms with Crippen molar-refractivity contribution in [3.8, 4) is 5.69 Å². The van der Waals surface area contributed by atoms with Crippen molar-refractivity contribution >= 4 is 56.6 Å². The van der Waals surface area contributed by atoms with Crippen molar-refractivity contribution in [2.45, 2.75) is 80.8 Å². The number of piperazine rings is 1. The zero-order valence-electron chi connectivity index (χ0n) is 25.3. The van der Waals surface area contributed by atoms with Gasteiger partial charge in [-0.25, -0.2) is 0 Å². The molecular weight excluding hydrogens is 635 g/mol. The van der Waals surface area contributed by atoms with E-state index in [1.54, 1.807) is 15.7 Å². The van der Waals surface area contributed by atoms with Crippen molar-refractivity contribution < 1.29 is 9.53 Å². The third kappa shape index (κ3) is 6.10. The van der Waals surface area contributed by atoms with Gasteiger partial charge in [-0.1, -0.05) is 0 Å². The van der Waals surface area contributed by atoms with Crippen LogP contribution in [0.5, 0.6) is 0 Å². The van der Waals surface area contributed by atoms with Gasteiger partial charge in [0.25, 0.3) is 0 Å². The van der Waals surface area contributed by atoms with Gasteiger partial charge in [-0.05, 0) is 20.8 Å². The number of amides is 1. The van der Waals surface area contributed by atoms with Crippen LogP contribution in [0.25, 0.3) is 16.7 Å². The summed E-state index contributed by atoms with van der Waals surface area (Å²) in [5.41, 5.74) is 2.02. The zero-order valence-corrected chi connectivity index (χ0v) is 28.9. The molecule has 1 aliphatic rings. The van der Waals surface area contributed by atoms with Crippen molar-refractivity contribution in [1.82, 2.24) is 24.4 Å². The van der Waals surface area contributed by atoms with E-state index in [4.69, 9.17) is 21.3 Å². The molecule has 9 nitrogen and oxygen atoms in total. The molecule has 0 aliphatic carbocycles. The number of carbonyl (C=O) groups is 1. The van der Waals surface area contributed by atoms with Crippen molar-refractivity contribution in [3.05, 3.63) is 45.1 Å². The summed E-state index contributed by atoms with van der Waals surface area (Å²) in [6.07, 6.45) is 1.43. The molecule has 0 bridgehead atoms. The van der Waals surface area contributed by atoms with Gasteiger partial charge in [-0.2, -0.15) is 0 Å². The van der Waals surface area contributed by atoms with Gasteiger partial charge in [0.05, 0.1) is 0 Å². The van der Waals surface area contributed by atoms with Crippen LogP contribution in [-0.4, -0.2) is 80.2 Å². The molecule has 40 heavy (non-hydrogen) atoms. The first kappa shape index (κ1) is 30.6. The number of carbonyl (C=O) groups excluding carboxylic acids is 1. The Morgan fingerprint density at radius 3 is 2.42 bits per heavy atom. The van der Waals surface area contributed by atoms with E-state index >= 15 is 0 Å². The summed E-state index contributed by atoms with van der Waals surface area (Å²) < 4.78 is 8.12. The number of anilines is 1. The zero-order chi connectivity index (χ0) is 29.7. The average molecular weight is 676 g/mol. The molecule has 0 N–H and O–H groups in total. The Balaban J connectivity index is 1.92. The fourth-order valence-corrected chi connectivity index (χ4v) is 10.7. The second kappa shape index (κ2) is 11.1. The molecule has 216 valence electrons. The van der Waals surface area contributed by atoms with Crippen molar-refractivity contribution in [2.24, 2.45) is 0 Å². The SMILES string of the molecule is Cc1ccnc(C(C)C)c1-n1c(=O)nc(N2CCN(C(=O)OC(C)(C)C)C[C@@H]2C)c2cc(Cl)[c]([Sn]([CH3])([CH3])[CH3])nc21. The fraction of sp³-hybridized carbons (Fsp3) is 0.552. The second-order valence-electron chi connectivity index (χ2n) is 13.0. The number of hydrogen-bond acceptors (Lipinski definition) is 7. The molecule has 1 saturated heterocycles. The van der Waals surface area contributed by atoms with Crippen molar-refractivity contribution in [1.29, 1.82) is 0 Å². The predicted molar refractivity (Wildman–Crippen MR) is 164 cm³/mol. The minimum absolute atomic E-state index is 0.0889. The van der Waals surface area contributed by atoms with Crippen LogP contribution in [0.2, 0.25) is 19.8 Å². The van der Waals surface area contributed by atoms with Gasteiger partial charge in [0.1, 0.15) is 0 Å². The number of fused-ring (bicyclic) bond motifs is 1. The number of hydrogen-bond donors (Lipinski definition) is 0. The molecule has 0 spiro atoms. The van der Waals surface area contributed by atoms with Crippen LogP contribution in [0.3, 0.4) is 0 Å². The first-order valence-corrected chi connectivity index (χ1v) is 24.2. The van der Waals surface area contributed by atoms with Gasteiger partial charge < -0.3 is 0 Å². The Hall–Kier alpha value is -2.40. The van der Waals surface area contributed by atoms with Gasteiger partial charge >= 0.3 is 226 Å². The first-order chi connectivity index (χ1) is 18.5. The quantitative estimate of drug-likeness (QED) is 0.349. The molecule has 11 heteroatoms. The van der Waals surface area contributed by atoms with E-state index in [2.05, 4.69) is 43.5 Å². The molecule has 1 aliphatic heterocycles. The summed E-state index contributed by atoms with van der Waals surface area (Å²) in [7, 11) is 0. The molecule has 3 aromatic heterocycles. The number of aryl methyl sites for hydroxylation is 1. The van der Waals surface area contributed by atoms with Gasteiger partial charge in [-0.15, -0.1) is 0 Å². The Bertz CT molecular complexity index is 1510. The summed E-state index contributed by atoms with van der Waals surface area (Å²) in [5, 5.41) is 1.32. The van der Waals surface area contributed by atoms with Gasteiger partial charge in [0.2, 0.25) is 0 Å². The van der Waals surface area contributed by atoms with Crippen molar-refractivity contribution in [2.75, 3.05) is 24.5 Å². The summed E-state index contributed by atoms with van der Waals surface area (Å²) in [4.78, 5) is 51.7. The van der Waals surface area contributed by atoms with Crippen LogP contribution in [0, 0.1) is 6.92 Å². The van der Waals surface area contributed by atoms with Crippen LogP contribution in [-0.2, 0) is 4.74 Å². The van der Waals surface area contributed by atoms with Crippen LogP contribution >= 0.6 is 11.6 Å². The van der Waals surface area contributed by atoms with Crippen LogP contribution in [0.1, 0.15) is 58.7 Å². The van der Waals surface area contributed by atoms with Gasteiger partial charge in [-0.3, -0.25) is 0 Å². The minimum atomic E-state index is -2.79. The van der Waals surface area contributed by atoms with E-state index in [9.17, 15) is 9.59 Å². The van der Waals surface area contributed by atoms with E-state index in [1.165, 1.54) is 0 Å². The van der Waals surface area contributed by atoms with Gasteiger partial charge in [0.15, 0.2) is 0 Å². The van der Waals surface area contributed by atoms with Crippen LogP contribution in [0.4, 0.5) is 10.6 Å². The molecule has 0 radical (unpaired) electrons. The molecule has 1 fully saturated rings. The number of nitrogens with zero attached hydrogens (tertiary/aromatic N) is 6. The molecule has 1 atom stereocenters. The topological polar surface area (TPSA) is 93.5 Å². The Morgan fingerprint density at radius 2 is 1.85 bits per heavy atom. The maximum absolute atomic E-state index is 14.0. The van der Waals surface area contributed by atoms with Crippen molar-refractivity contribution in [3.63, 3.8) is 0 Å². The molecular formula is C29H41ClN6O3Sn. The molecule has 0 aromatic carbocycles. The Labute approximate surface area is 245 Å². The monoisotopic (exact) mass is 676 g/mol. The fourth-order valence-electron chi connectivity index (χ4n) is 5.10. The van der Waals surface area contributed by atoms with Gasteiger partial charge in [0, 0.05) is 0 Å². The number of halogens is 1. The van der Waals surface area contributed by atoms with E-state index in [0.29, 0.717) is 41.5 Å². The standard InChI is InChI=1S/C26H32ClN6O3.3CH3.Sn/c1-15(2)20-21(16(3)8-9-28-20)33-22-19(12-18(27)13-29-22)23(30-24(33)34)32-11-10-31(14-17(32)4)25(35)36-26(5,6)7;;;;/h8-9,12,15,17H,10-11,14H2,1-7H3;3*1H3;/t17-;;;;/m0..../s1. The van der Waals surface area contributed by atoms with E-state index in [-0.39, 0.29) is 18.1 Å². The summed E-state index contributed by atoms with van der Waals surface area (Å²) in [6, 6.07) is 3.72. The van der Waals surface area contributed by atoms with E-state index in [0.717, 1.165) is 20.7 Å². The molecule has 4 heterocycles. The number of aromatic nitrogens is 4. The summed E-state index contributed by atoms with van der Waals surface area (Å²) >= 11 is 4.10. The third-order valence-electron chi connectivity index (χ3n) is 6.99. The normalized spacial score (nSPS) is 16.6. The number of rotatable bonds is 4. The maximum atomic E-state index is 14.0.